The number of amides is 2. The number of carbonyl (C=O) groups excluding carboxylic acids is 2. The molecule has 1 aromatic rings. The highest BCUT2D eigenvalue weighted by Crippen LogP contribution is 2.35. The number of hydrogen-bond acceptors (Lipinski definition) is 4. The van der Waals surface area contributed by atoms with Gasteiger partial charge in [0.15, 0.2) is 0 Å². The molecule has 0 aliphatic carbocycles. The Balaban J connectivity index is 1.80. The zero-order chi connectivity index (χ0) is 17.3. The normalized spacial score (nSPS) is 25.5. The fourth-order valence-corrected chi connectivity index (χ4v) is 4.96. The summed E-state index contributed by atoms with van der Waals surface area (Å²) in [5.74, 6) is 0.348. The van der Waals surface area contributed by atoms with Crippen molar-refractivity contribution in [1.82, 2.24) is 14.7 Å². The summed E-state index contributed by atoms with van der Waals surface area (Å²) >= 11 is 1.83. The molecule has 1 spiro atoms. The van der Waals surface area contributed by atoms with Gasteiger partial charge in [-0.05, 0) is 26.0 Å². The number of nitrogens with zero attached hydrogens (tertiary/aromatic N) is 3. The van der Waals surface area contributed by atoms with Gasteiger partial charge in [0.1, 0.15) is 0 Å². The topological polar surface area (TPSA) is 43.9 Å². The van der Waals surface area contributed by atoms with Gasteiger partial charge in [-0.2, -0.15) is 0 Å². The van der Waals surface area contributed by atoms with Crippen molar-refractivity contribution in [3.63, 3.8) is 0 Å². The Kier molecular flexibility index (Phi) is 4.97. The zero-order valence-corrected chi connectivity index (χ0v) is 15.7. The van der Waals surface area contributed by atoms with Crippen molar-refractivity contribution in [3.8, 4) is 0 Å². The van der Waals surface area contributed by atoms with Crippen LogP contribution in [-0.4, -0.2) is 65.8 Å². The molecular weight excluding hydrogens is 322 g/mol. The van der Waals surface area contributed by atoms with Crippen LogP contribution in [0.5, 0.6) is 0 Å². The largest absolute Gasteiger partial charge is 0.342 e. The van der Waals surface area contributed by atoms with Crippen LogP contribution in [0, 0.1) is 12.3 Å². The molecule has 6 heteroatoms. The summed E-state index contributed by atoms with van der Waals surface area (Å²) in [7, 11) is 0. The van der Waals surface area contributed by atoms with Gasteiger partial charge in [-0.3, -0.25) is 14.5 Å². The first-order chi connectivity index (χ1) is 11.4. The minimum Gasteiger partial charge on any atom is -0.342 e. The van der Waals surface area contributed by atoms with Crippen LogP contribution in [0.15, 0.2) is 12.1 Å². The second kappa shape index (κ2) is 6.84. The first-order valence-corrected chi connectivity index (χ1v) is 9.53. The molecule has 2 aliphatic rings. The number of thiophene rings is 1. The van der Waals surface area contributed by atoms with E-state index in [1.807, 2.05) is 28.1 Å². The monoisotopic (exact) mass is 349 g/mol. The summed E-state index contributed by atoms with van der Waals surface area (Å²) in [6, 6.07) is 4.35. The van der Waals surface area contributed by atoms with Crippen molar-refractivity contribution in [2.45, 2.75) is 33.7 Å². The Labute approximate surface area is 148 Å². The molecule has 0 bridgehead atoms. The number of rotatable bonds is 3. The highest BCUT2D eigenvalue weighted by molar-refractivity contribution is 7.11. The summed E-state index contributed by atoms with van der Waals surface area (Å²) in [5, 5.41) is 0. The molecule has 1 atom stereocenters. The number of likely N-dealkylation sites (tertiary alicyclic amines) is 1. The lowest BCUT2D eigenvalue weighted by atomic mass is 9.86. The molecule has 24 heavy (non-hydrogen) atoms. The van der Waals surface area contributed by atoms with Crippen LogP contribution >= 0.6 is 11.3 Å². The molecular formula is C18H27N3O2S. The van der Waals surface area contributed by atoms with E-state index in [1.54, 1.807) is 6.92 Å². The first kappa shape index (κ1) is 17.4. The summed E-state index contributed by atoms with van der Waals surface area (Å²) < 4.78 is 0. The summed E-state index contributed by atoms with van der Waals surface area (Å²) in [6.45, 7) is 11.4. The van der Waals surface area contributed by atoms with E-state index in [9.17, 15) is 9.59 Å². The predicted octanol–water partition coefficient (Wildman–Crippen LogP) is 1.96. The summed E-state index contributed by atoms with van der Waals surface area (Å²) in [4.78, 5) is 33.3. The average molecular weight is 350 g/mol. The van der Waals surface area contributed by atoms with E-state index < -0.39 is 0 Å². The SMILES string of the molecule is CCN1CC2(CC1=O)CN(Cc1ccc(C)s1)CCN(C(C)=O)C2. The van der Waals surface area contributed by atoms with Crippen molar-refractivity contribution in [2.75, 3.05) is 39.3 Å². The minimum absolute atomic E-state index is 0.116. The number of hydrogen-bond donors (Lipinski definition) is 0. The van der Waals surface area contributed by atoms with E-state index >= 15 is 0 Å². The third-order valence-electron chi connectivity index (χ3n) is 5.18. The van der Waals surface area contributed by atoms with Crippen LogP contribution in [0.4, 0.5) is 0 Å². The van der Waals surface area contributed by atoms with Gasteiger partial charge in [0.2, 0.25) is 11.8 Å². The Hall–Kier alpha value is -1.40. The van der Waals surface area contributed by atoms with Crippen LogP contribution in [0.1, 0.15) is 30.0 Å². The zero-order valence-electron chi connectivity index (χ0n) is 14.9. The van der Waals surface area contributed by atoms with E-state index in [0.29, 0.717) is 13.0 Å². The maximum absolute atomic E-state index is 12.3. The molecule has 0 N–H and O–H groups in total. The highest BCUT2D eigenvalue weighted by atomic mass is 32.1. The van der Waals surface area contributed by atoms with E-state index in [0.717, 1.165) is 39.3 Å². The smallest absolute Gasteiger partial charge is 0.223 e. The molecule has 2 saturated heterocycles. The molecule has 2 aliphatic heterocycles. The molecule has 1 aromatic heterocycles. The van der Waals surface area contributed by atoms with Crippen LogP contribution < -0.4 is 0 Å². The summed E-state index contributed by atoms with van der Waals surface area (Å²) in [6.07, 6.45) is 0.560. The highest BCUT2D eigenvalue weighted by Gasteiger charge is 2.46. The fraction of sp³-hybridized carbons (Fsp3) is 0.667. The molecule has 5 nitrogen and oxygen atoms in total. The molecule has 3 heterocycles. The van der Waals surface area contributed by atoms with Gasteiger partial charge in [-0.15, -0.1) is 11.3 Å². The van der Waals surface area contributed by atoms with Gasteiger partial charge in [0.05, 0.1) is 0 Å². The van der Waals surface area contributed by atoms with Gasteiger partial charge >= 0.3 is 0 Å². The fourth-order valence-electron chi connectivity index (χ4n) is 4.03. The van der Waals surface area contributed by atoms with E-state index in [4.69, 9.17) is 0 Å². The molecule has 0 saturated carbocycles. The lowest BCUT2D eigenvalue weighted by molar-refractivity contribution is -0.130. The van der Waals surface area contributed by atoms with Crippen molar-refractivity contribution in [2.24, 2.45) is 5.41 Å². The molecule has 2 amide bonds. The van der Waals surface area contributed by atoms with Crippen molar-refractivity contribution in [1.29, 1.82) is 0 Å². The lowest BCUT2D eigenvalue weighted by Gasteiger charge is -2.33. The Bertz CT molecular complexity index is 630. The number of carbonyl (C=O) groups is 2. The van der Waals surface area contributed by atoms with Crippen molar-refractivity contribution in [3.05, 3.63) is 21.9 Å². The third kappa shape index (κ3) is 3.64. The van der Waals surface area contributed by atoms with E-state index in [-0.39, 0.29) is 17.2 Å². The number of aryl methyl sites for hydroxylation is 1. The van der Waals surface area contributed by atoms with Gasteiger partial charge in [0, 0.05) is 74.3 Å². The average Bonchev–Trinajstić information content (AvgIpc) is 3.00. The molecule has 3 rings (SSSR count). The van der Waals surface area contributed by atoms with Gasteiger partial charge in [-0.1, -0.05) is 0 Å². The lowest BCUT2D eigenvalue weighted by Crippen LogP contribution is -2.43. The second-order valence-corrected chi connectivity index (χ2v) is 8.62. The molecule has 0 aromatic carbocycles. The van der Waals surface area contributed by atoms with Crippen LogP contribution in [-0.2, 0) is 16.1 Å². The Morgan fingerprint density at radius 3 is 2.62 bits per heavy atom. The molecule has 132 valence electrons. The molecule has 1 unspecified atom stereocenters. The maximum atomic E-state index is 12.3. The van der Waals surface area contributed by atoms with Crippen molar-refractivity contribution < 1.29 is 9.59 Å². The van der Waals surface area contributed by atoms with Gasteiger partial charge < -0.3 is 9.80 Å². The minimum atomic E-state index is -0.123. The molecule has 2 fully saturated rings. The predicted molar refractivity (Wildman–Crippen MR) is 95.9 cm³/mol. The van der Waals surface area contributed by atoms with Gasteiger partial charge in [0.25, 0.3) is 0 Å². The van der Waals surface area contributed by atoms with Crippen LogP contribution in [0.25, 0.3) is 0 Å². The maximum Gasteiger partial charge on any atom is 0.223 e. The molecule has 0 radical (unpaired) electrons. The van der Waals surface area contributed by atoms with Crippen LogP contribution in [0.2, 0.25) is 0 Å². The standard InChI is InChI=1S/C18H27N3O2S/c1-4-20-12-18(9-17(20)23)11-19(7-8-21(13-18)15(3)22)10-16-6-5-14(2)24-16/h5-6H,4,7-13H2,1-3H3. The van der Waals surface area contributed by atoms with E-state index in [2.05, 4.69) is 24.0 Å². The summed E-state index contributed by atoms with van der Waals surface area (Å²) in [5.41, 5.74) is -0.123. The van der Waals surface area contributed by atoms with Crippen LogP contribution in [0.3, 0.4) is 0 Å². The van der Waals surface area contributed by atoms with Crippen molar-refractivity contribution >= 4 is 23.2 Å². The first-order valence-electron chi connectivity index (χ1n) is 8.72. The second-order valence-electron chi connectivity index (χ2n) is 7.25. The van der Waals surface area contributed by atoms with E-state index in [1.165, 1.54) is 9.75 Å². The third-order valence-corrected chi connectivity index (χ3v) is 6.16. The quantitative estimate of drug-likeness (QED) is 0.838. The van der Waals surface area contributed by atoms with Gasteiger partial charge in [-0.25, -0.2) is 0 Å². The Morgan fingerprint density at radius 2 is 2.04 bits per heavy atom. The Morgan fingerprint density at radius 1 is 1.25 bits per heavy atom.